The first-order chi connectivity index (χ1) is 16.6. The van der Waals surface area contributed by atoms with E-state index in [1.807, 2.05) is 43.5 Å². The fourth-order valence-corrected chi connectivity index (χ4v) is 3.55. The molecule has 2 amide bonds. The normalized spacial score (nSPS) is 10.5. The quantitative estimate of drug-likeness (QED) is 0.326. The van der Waals surface area contributed by atoms with Crippen LogP contribution in [0.5, 0.6) is 11.5 Å². The summed E-state index contributed by atoms with van der Waals surface area (Å²) in [4.78, 5) is 27.7. The number of benzene rings is 2. The molecule has 0 bridgehead atoms. The third kappa shape index (κ3) is 8.90. The van der Waals surface area contributed by atoms with Crippen LogP contribution in [0.4, 0.5) is 5.13 Å². The predicted molar refractivity (Wildman–Crippen MR) is 143 cm³/mol. The zero-order valence-electron chi connectivity index (χ0n) is 21.3. The molecule has 8 heteroatoms. The van der Waals surface area contributed by atoms with Crippen LogP contribution in [0.2, 0.25) is 0 Å². The Labute approximate surface area is 211 Å². The molecule has 2 aromatic carbocycles. The second-order valence-electron chi connectivity index (χ2n) is 8.31. The van der Waals surface area contributed by atoms with Gasteiger partial charge in [0.15, 0.2) is 16.6 Å². The molecule has 3 rings (SSSR count). The summed E-state index contributed by atoms with van der Waals surface area (Å²) in [6.45, 7) is 8.08. The minimum absolute atomic E-state index is 0.0538. The molecule has 1 aromatic heterocycles. The number of nitrogens with one attached hydrogen (secondary N) is 1. The lowest BCUT2D eigenvalue weighted by molar-refractivity contribution is -0.116. The van der Waals surface area contributed by atoms with Crippen LogP contribution in [0.15, 0.2) is 47.9 Å². The van der Waals surface area contributed by atoms with Crippen molar-refractivity contribution >= 4 is 34.9 Å². The van der Waals surface area contributed by atoms with Crippen LogP contribution in [-0.2, 0) is 9.59 Å². The molecule has 0 spiro atoms. The number of carbonyl (C=O) groups is 2. The minimum atomic E-state index is -0.238. The van der Waals surface area contributed by atoms with Crippen LogP contribution in [0.25, 0.3) is 17.3 Å². The predicted octanol–water partition coefficient (Wildman–Crippen LogP) is 5.58. The van der Waals surface area contributed by atoms with E-state index in [4.69, 9.17) is 9.47 Å². The van der Waals surface area contributed by atoms with Gasteiger partial charge in [-0.05, 0) is 68.7 Å². The zero-order valence-corrected chi connectivity index (χ0v) is 22.1. The number of ether oxygens (including phenoxy) is 2. The van der Waals surface area contributed by atoms with Gasteiger partial charge in [-0.3, -0.25) is 14.9 Å². The van der Waals surface area contributed by atoms with Crippen LogP contribution < -0.4 is 14.8 Å². The average molecular weight is 496 g/mol. The van der Waals surface area contributed by atoms with E-state index in [0.717, 1.165) is 23.2 Å². The minimum Gasteiger partial charge on any atom is -0.493 e. The molecule has 0 unspecified atom stereocenters. The standard InChI is InChI=1S/C24H26N2O3S.C3H7NO/c1-15(2)29-21-10-7-18(13-22(21)28-5)8-11-23(27)26-24-25-20(14-30-24)19-9-6-16(3)17(4)12-19;1-4(2)3-5/h6-15H,1-5H3,(H,25,26,27);3H,1-2H3/b11-8+;. The lowest BCUT2D eigenvalue weighted by Gasteiger charge is -2.13. The third-order valence-corrected chi connectivity index (χ3v) is 5.48. The highest BCUT2D eigenvalue weighted by Gasteiger charge is 2.09. The smallest absolute Gasteiger partial charge is 0.250 e. The molecule has 3 aromatic rings. The number of anilines is 1. The van der Waals surface area contributed by atoms with Gasteiger partial charge in [-0.1, -0.05) is 18.2 Å². The highest BCUT2D eigenvalue weighted by molar-refractivity contribution is 7.14. The first-order valence-electron chi connectivity index (χ1n) is 11.1. The number of methoxy groups -OCH3 is 1. The number of carbonyl (C=O) groups excluding carboxylic acids is 2. The Morgan fingerprint density at radius 3 is 2.40 bits per heavy atom. The Morgan fingerprint density at radius 1 is 1.09 bits per heavy atom. The fourth-order valence-electron chi connectivity index (χ4n) is 2.82. The van der Waals surface area contributed by atoms with E-state index >= 15 is 0 Å². The van der Waals surface area contributed by atoms with E-state index in [1.165, 1.54) is 33.4 Å². The average Bonchev–Trinajstić information content (AvgIpc) is 3.28. The van der Waals surface area contributed by atoms with Gasteiger partial charge in [0, 0.05) is 31.1 Å². The van der Waals surface area contributed by atoms with Gasteiger partial charge in [0.25, 0.3) is 0 Å². The number of nitrogens with zero attached hydrogens (tertiary/aromatic N) is 2. The van der Waals surface area contributed by atoms with Gasteiger partial charge >= 0.3 is 0 Å². The molecule has 186 valence electrons. The number of hydrogen-bond donors (Lipinski definition) is 1. The molecular formula is C27H33N3O4S. The van der Waals surface area contributed by atoms with Gasteiger partial charge in [-0.15, -0.1) is 11.3 Å². The first-order valence-corrected chi connectivity index (χ1v) is 12.0. The van der Waals surface area contributed by atoms with Crippen LogP contribution in [0, 0.1) is 13.8 Å². The molecule has 1 heterocycles. The molecule has 0 atom stereocenters. The Bertz CT molecular complexity index is 1170. The van der Waals surface area contributed by atoms with Crippen LogP contribution in [-0.4, -0.2) is 49.5 Å². The van der Waals surface area contributed by atoms with Gasteiger partial charge in [0.05, 0.1) is 18.9 Å². The molecule has 0 saturated heterocycles. The molecule has 0 aliphatic heterocycles. The number of hydrogen-bond acceptors (Lipinski definition) is 6. The lowest BCUT2D eigenvalue weighted by atomic mass is 10.1. The topological polar surface area (TPSA) is 80.8 Å². The summed E-state index contributed by atoms with van der Waals surface area (Å²) in [7, 11) is 4.97. The van der Waals surface area contributed by atoms with Crippen molar-refractivity contribution in [1.82, 2.24) is 9.88 Å². The van der Waals surface area contributed by atoms with Crippen molar-refractivity contribution in [3.63, 3.8) is 0 Å². The molecule has 35 heavy (non-hydrogen) atoms. The maximum absolute atomic E-state index is 12.3. The number of amides is 2. The molecule has 0 aliphatic rings. The molecule has 1 N–H and O–H groups in total. The highest BCUT2D eigenvalue weighted by atomic mass is 32.1. The summed E-state index contributed by atoms with van der Waals surface area (Å²) in [5, 5.41) is 5.33. The van der Waals surface area contributed by atoms with Crippen molar-refractivity contribution in [2.75, 3.05) is 26.5 Å². The summed E-state index contributed by atoms with van der Waals surface area (Å²) in [5.41, 5.74) is 5.20. The van der Waals surface area contributed by atoms with Gasteiger partial charge in [-0.25, -0.2) is 4.98 Å². The summed E-state index contributed by atoms with van der Waals surface area (Å²) < 4.78 is 11.1. The van der Waals surface area contributed by atoms with E-state index in [9.17, 15) is 9.59 Å². The molecule has 0 radical (unpaired) electrons. The van der Waals surface area contributed by atoms with Crippen molar-refractivity contribution in [2.24, 2.45) is 0 Å². The fraction of sp³-hybridized carbons (Fsp3) is 0.296. The van der Waals surface area contributed by atoms with Crippen molar-refractivity contribution in [1.29, 1.82) is 0 Å². The Balaban J connectivity index is 0.000000784. The Hall–Kier alpha value is -3.65. The van der Waals surface area contributed by atoms with E-state index in [0.29, 0.717) is 16.6 Å². The molecule has 0 fully saturated rings. The maximum Gasteiger partial charge on any atom is 0.250 e. The van der Waals surface area contributed by atoms with Gasteiger partial charge in [0.1, 0.15) is 0 Å². The number of thiazole rings is 1. The summed E-state index contributed by atoms with van der Waals surface area (Å²) in [6, 6.07) is 11.8. The molecule has 7 nitrogen and oxygen atoms in total. The van der Waals surface area contributed by atoms with Gasteiger partial charge in [-0.2, -0.15) is 0 Å². The van der Waals surface area contributed by atoms with Gasteiger partial charge in [0.2, 0.25) is 12.3 Å². The van der Waals surface area contributed by atoms with E-state index in [2.05, 4.69) is 36.3 Å². The van der Waals surface area contributed by atoms with Crippen molar-refractivity contribution < 1.29 is 19.1 Å². The van der Waals surface area contributed by atoms with Crippen molar-refractivity contribution in [3.05, 3.63) is 64.5 Å². The number of aromatic nitrogens is 1. The van der Waals surface area contributed by atoms with E-state index < -0.39 is 0 Å². The monoisotopic (exact) mass is 495 g/mol. The Morgan fingerprint density at radius 2 is 1.80 bits per heavy atom. The highest BCUT2D eigenvalue weighted by Crippen LogP contribution is 2.30. The van der Waals surface area contributed by atoms with E-state index in [-0.39, 0.29) is 12.0 Å². The Kier molecular flexibility index (Phi) is 10.5. The summed E-state index contributed by atoms with van der Waals surface area (Å²) >= 11 is 1.40. The second kappa shape index (κ2) is 13.3. The summed E-state index contributed by atoms with van der Waals surface area (Å²) in [6.07, 6.45) is 4.02. The zero-order chi connectivity index (χ0) is 26.0. The SMILES string of the molecule is CN(C)C=O.COc1cc(/C=C/C(=O)Nc2nc(-c3ccc(C)c(C)c3)cs2)ccc1OC(C)C. The second-order valence-corrected chi connectivity index (χ2v) is 9.16. The van der Waals surface area contributed by atoms with E-state index in [1.54, 1.807) is 27.3 Å². The maximum atomic E-state index is 12.3. The number of aryl methyl sites for hydroxylation is 2. The first kappa shape index (κ1) is 27.6. The van der Waals surface area contributed by atoms with Crippen molar-refractivity contribution in [3.8, 4) is 22.8 Å². The summed E-state index contributed by atoms with van der Waals surface area (Å²) in [5.74, 6) is 1.07. The largest absolute Gasteiger partial charge is 0.493 e. The molecule has 0 aliphatic carbocycles. The lowest BCUT2D eigenvalue weighted by Crippen LogP contribution is -2.07. The molecule has 0 saturated carbocycles. The van der Waals surface area contributed by atoms with Crippen LogP contribution >= 0.6 is 11.3 Å². The van der Waals surface area contributed by atoms with Gasteiger partial charge < -0.3 is 14.4 Å². The molecular weight excluding hydrogens is 462 g/mol. The van der Waals surface area contributed by atoms with Crippen molar-refractivity contribution in [2.45, 2.75) is 33.8 Å². The van der Waals surface area contributed by atoms with Crippen LogP contribution in [0.1, 0.15) is 30.5 Å². The third-order valence-electron chi connectivity index (χ3n) is 4.73. The number of rotatable bonds is 8. The van der Waals surface area contributed by atoms with Crippen LogP contribution in [0.3, 0.4) is 0 Å².